The largest absolute Gasteiger partial charge is 0.351 e. The van der Waals surface area contributed by atoms with E-state index in [0.717, 1.165) is 44.5 Å². The summed E-state index contributed by atoms with van der Waals surface area (Å²) in [7, 11) is 0. The van der Waals surface area contributed by atoms with E-state index in [1.165, 1.54) is 0 Å². The number of piperidine rings is 1. The van der Waals surface area contributed by atoms with Crippen LogP contribution in [0.15, 0.2) is 24.3 Å². The summed E-state index contributed by atoms with van der Waals surface area (Å²) in [6.45, 7) is 11.3. The van der Waals surface area contributed by atoms with Gasteiger partial charge in [-0.05, 0) is 50.8 Å². The zero-order chi connectivity index (χ0) is 19.1. The molecule has 0 radical (unpaired) electrons. The Bertz CT molecular complexity index is 607. The van der Waals surface area contributed by atoms with Crippen molar-refractivity contribution in [1.29, 1.82) is 0 Å². The maximum atomic E-state index is 12.8. The van der Waals surface area contributed by atoms with Crippen molar-refractivity contribution in [3.8, 4) is 0 Å². The number of likely N-dealkylation sites (tertiary alicyclic amines) is 1. The second kappa shape index (κ2) is 9.72. The molecule has 0 aliphatic carbocycles. The number of rotatable bonds is 7. The van der Waals surface area contributed by atoms with Gasteiger partial charge < -0.3 is 15.5 Å². The van der Waals surface area contributed by atoms with E-state index in [0.29, 0.717) is 5.56 Å². The molecular weight excluding hydrogens is 326 g/mol. The van der Waals surface area contributed by atoms with Gasteiger partial charge in [-0.25, -0.2) is 0 Å². The molecule has 1 heterocycles. The van der Waals surface area contributed by atoms with Crippen LogP contribution in [0.5, 0.6) is 0 Å². The van der Waals surface area contributed by atoms with Crippen LogP contribution in [0.1, 0.15) is 56.0 Å². The smallest absolute Gasteiger partial charge is 0.251 e. The third-order valence-corrected chi connectivity index (χ3v) is 4.99. The van der Waals surface area contributed by atoms with Crippen molar-refractivity contribution < 1.29 is 9.59 Å². The first-order valence-electron chi connectivity index (χ1n) is 9.81. The summed E-state index contributed by atoms with van der Waals surface area (Å²) in [5, 5.41) is 6.07. The van der Waals surface area contributed by atoms with Gasteiger partial charge in [0, 0.05) is 24.7 Å². The summed E-state index contributed by atoms with van der Waals surface area (Å²) in [6.07, 6.45) is 3.11. The van der Waals surface area contributed by atoms with E-state index < -0.39 is 6.04 Å². The molecule has 1 unspecified atom stereocenters. The molecule has 5 heteroatoms. The van der Waals surface area contributed by atoms with Crippen molar-refractivity contribution in [3.05, 3.63) is 35.4 Å². The van der Waals surface area contributed by atoms with Gasteiger partial charge in [-0.2, -0.15) is 0 Å². The lowest BCUT2D eigenvalue weighted by Crippen LogP contribution is -2.54. The van der Waals surface area contributed by atoms with Gasteiger partial charge in [-0.1, -0.05) is 38.5 Å². The van der Waals surface area contributed by atoms with Crippen LogP contribution < -0.4 is 10.6 Å². The Kier molecular flexibility index (Phi) is 7.64. The number of nitrogens with zero attached hydrogens (tertiary/aromatic N) is 1. The molecule has 5 nitrogen and oxygen atoms in total. The van der Waals surface area contributed by atoms with Crippen LogP contribution >= 0.6 is 0 Å². The summed E-state index contributed by atoms with van der Waals surface area (Å²) < 4.78 is 0. The third kappa shape index (κ3) is 5.84. The van der Waals surface area contributed by atoms with Gasteiger partial charge in [0.15, 0.2) is 0 Å². The Morgan fingerprint density at radius 2 is 1.92 bits per heavy atom. The Balaban J connectivity index is 1.92. The number of nitrogens with one attached hydrogen (secondary N) is 2. The topological polar surface area (TPSA) is 61.4 Å². The van der Waals surface area contributed by atoms with E-state index >= 15 is 0 Å². The zero-order valence-corrected chi connectivity index (χ0v) is 16.5. The fourth-order valence-corrected chi connectivity index (χ4v) is 3.45. The van der Waals surface area contributed by atoms with Crippen molar-refractivity contribution in [2.75, 3.05) is 19.6 Å². The number of benzene rings is 1. The highest BCUT2D eigenvalue weighted by Gasteiger charge is 2.28. The van der Waals surface area contributed by atoms with E-state index in [2.05, 4.69) is 22.5 Å². The summed E-state index contributed by atoms with van der Waals surface area (Å²) >= 11 is 0. The minimum atomic E-state index is -0.517. The molecule has 2 N–H and O–H groups in total. The molecule has 144 valence electrons. The normalized spacial score (nSPS) is 17.1. The molecule has 1 saturated heterocycles. The number of amides is 2. The first kappa shape index (κ1) is 20.4. The van der Waals surface area contributed by atoms with Gasteiger partial charge in [0.05, 0.1) is 0 Å². The minimum Gasteiger partial charge on any atom is -0.351 e. The van der Waals surface area contributed by atoms with Gasteiger partial charge in [-0.15, -0.1) is 0 Å². The van der Waals surface area contributed by atoms with Crippen LogP contribution in [-0.4, -0.2) is 48.4 Å². The highest BCUT2D eigenvalue weighted by Crippen LogP contribution is 2.12. The monoisotopic (exact) mass is 359 g/mol. The number of hydrogen-bond acceptors (Lipinski definition) is 3. The predicted octanol–water partition coefficient (Wildman–Crippen LogP) is 2.74. The second-order valence-electron chi connectivity index (χ2n) is 7.69. The lowest BCUT2D eigenvalue weighted by Gasteiger charge is -2.33. The molecule has 1 atom stereocenters. The molecule has 0 spiro atoms. The average Bonchev–Trinajstić information content (AvgIpc) is 2.61. The Morgan fingerprint density at radius 1 is 1.23 bits per heavy atom. The Hall–Kier alpha value is -1.88. The van der Waals surface area contributed by atoms with E-state index in [4.69, 9.17) is 0 Å². The van der Waals surface area contributed by atoms with Crippen molar-refractivity contribution in [2.24, 2.45) is 5.92 Å². The fourth-order valence-electron chi connectivity index (χ4n) is 3.45. The Labute approximate surface area is 157 Å². The molecule has 1 aromatic carbocycles. The van der Waals surface area contributed by atoms with Crippen LogP contribution in [0.4, 0.5) is 0 Å². The van der Waals surface area contributed by atoms with Gasteiger partial charge >= 0.3 is 0 Å². The van der Waals surface area contributed by atoms with E-state index in [1.807, 2.05) is 39.0 Å². The van der Waals surface area contributed by atoms with Crippen LogP contribution in [0.3, 0.4) is 0 Å². The van der Waals surface area contributed by atoms with Crippen LogP contribution in [-0.2, 0) is 4.79 Å². The fraction of sp³-hybridized carbons (Fsp3) is 0.619. The predicted molar refractivity (Wildman–Crippen MR) is 105 cm³/mol. The summed E-state index contributed by atoms with van der Waals surface area (Å²) in [6, 6.07) is 7.12. The first-order chi connectivity index (χ1) is 12.4. The molecule has 0 bridgehead atoms. The maximum Gasteiger partial charge on any atom is 0.251 e. The molecular formula is C21H33N3O2. The second-order valence-corrected chi connectivity index (χ2v) is 7.69. The first-order valence-corrected chi connectivity index (χ1v) is 9.81. The zero-order valence-electron chi connectivity index (χ0n) is 16.5. The van der Waals surface area contributed by atoms with E-state index in [9.17, 15) is 9.59 Å². The highest BCUT2D eigenvalue weighted by molar-refractivity contribution is 5.97. The van der Waals surface area contributed by atoms with Gasteiger partial charge in [0.2, 0.25) is 5.91 Å². The summed E-state index contributed by atoms with van der Waals surface area (Å²) in [5.41, 5.74) is 1.62. The summed E-state index contributed by atoms with van der Waals surface area (Å²) in [5.74, 6) is -0.237. The molecule has 2 amide bonds. The van der Waals surface area contributed by atoms with Gasteiger partial charge in [0.1, 0.15) is 6.04 Å². The van der Waals surface area contributed by atoms with Gasteiger partial charge in [-0.3, -0.25) is 9.59 Å². The van der Waals surface area contributed by atoms with Gasteiger partial charge in [0.25, 0.3) is 5.91 Å². The SMILES string of the molecule is CCCN1CCC(NC(=O)C(NC(=O)c2cccc(C)c2)C(C)C)CC1. The molecule has 0 saturated carbocycles. The number of aryl methyl sites for hydroxylation is 1. The van der Waals surface area contributed by atoms with E-state index in [-0.39, 0.29) is 23.8 Å². The lowest BCUT2D eigenvalue weighted by molar-refractivity contribution is -0.125. The Morgan fingerprint density at radius 3 is 2.50 bits per heavy atom. The molecule has 1 aliphatic heterocycles. The van der Waals surface area contributed by atoms with Crippen LogP contribution in [0.25, 0.3) is 0 Å². The number of carbonyl (C=O) groups excluding carboxylic acids is 2. The summed E-state index contributed by atoms with van der Waals surface area (Å²) in [4.78, 5) is 27.7. The molecule has 1 aliphatic rings. The van der Waals surface area contributed by atoms with Crippen LogP contribution in [0.2, 0.25) is 0 Å². The number of carbonyl (C=O) groups is 2. The maximum absolute atomic E-state index is 12.8. The van der Waals surface area contributed by atoms with Crippen molar-refractivity contribution in [2.45, 2.75) is 59.0 Å². The van der Waals surface area contributed by atoms with Crippen LogP contribution in [0, 0.1) is 12.8 Å². The quantitative estimate of drug-likeness (QED) is 0.787. The lowest BCUT2D eigenvalue weighted by atomic mass is 10.00. The minimum absolute atomic E-state index is 0.0314. The van der Waals surface area contributed by atoms with Crippen molar-refractivity contribution in [1.82, 2.24) is 15.5 Å². The molecule has 0 aromatic heterocycles. The molecule has 2 rings (SSSR count). The standard InChI is InChI=1S/C21H33N3O2/c1-5-11-24-12-9-18(10-13-24)22-21(26)19(15(2)3)23-20(25)17-8-6-7-16(4)14-17/h6-8,14-15,18-19H,5,9-13H2,1-4H3,(H,22,26)(H,23,25). The highest BCUT2D eigenvalue weighted by atomic mass is 16.2. The number of hydrogen-bond donors (Lipinski definition) is 2. The van der Waals surface area contributed by atoms with E-state index in [1.54, 1.807) is 6.07 Å². The molecule has 1 aromatic rings. The average molecular weight is 360 g/mol. The van der Waals surface area contributed by atoms with Crippen molar-refractivity contribution in [3.63, 3.8) is 0 Å². The molecule has 26 heavy (non-hydrogen) atoms. The van der Waals surface area contributed by atoms with Crippen molar-refractivity contribution >= 4 is 11.8 Å². The molecule has 1 fully saturated rings. The third-order valence-electron chi connectivity index (χ3n) is 4.99.